The number of nitrogens with zero attached hydrogens (tertiary/aromatic N) is 6. The van der Waals surface area contributed by atoms with E-state index in [1.165, 1.54) is 5.56 Å². The second-order valence-electron chi connectivity index (χ2n) is 7.06. The van der Waals surface area contributed by atoms with Gasteiger partial charge in [-0.15, -0.1) is 0 Å². The van der Waals surface area contributed by atoms with Gasteiger partial charge in [-0.3, -0.25) is 14.4 Å². The van der Waals surface area contributed by atoms with Crippen molar-refractivity contribution in [1.82, 2.24) is 29.4 Å². The summed E-state index contributed by atoms with van der Waals surface area (Å²) in [6, 6.07) is 8.90. The standard InChI is InChI=1S/C20H23ClN6O2/c1-24-13-16(12-22-24)14-25-7-9-26(10-8-25)20(28)19-5-6-27(23-19)15-29-18-4-2-3-17(21)11-18/h2-6,11-13H,7-10,14-15H2,1H3. The molecule has 0 radical (unpaired) electrons. The average molecular weight is 415 g/mol. The number of ether oxygens (including phenoxy) is 1. The van der Waals surface area contributed by atoms with Crippen LogP contribution in [0.1, 0.15) is 16.1 Å². The van der Waals surface area contributed by atoms with Crippen LogP contribution in [-0.4, -0.2) is 61.4 Å². The van der Waals surface area contributed by atoms with Gasteiger partial charge in [0, 0.05) is 62.8 Å². The zero-order chi connectivity index (χ0) is 20.2. The second-order valence-corrected chi connectivity index (χ2v) is 7.50. The minimum absolute atomic E-state index is 0.0486. The van der Waals surface area contributed by atoms with Crippen LogP contribution in [0.5, 0.6) is 5.75 Å². The number of piperazine rings is 1. The highest BCUT2D eigenvalue weighted by Crippen LogP contribution is 2.17. The Hall–Kier alpha value is -2.84. The number of rotatable bonds is 6. The molecule has 1 fully saturated rings. The first-order valence-electron chi connectivity index (χ1n) is 9.48. The molecule has 1 aliphatic heterocycles. The summed E-state index contributed by atoms with van der Waals surface area (Å²) in [6.07, 6.45) is 5.65. The van der Waals surface area contributed by atoms with Gasteiger partial charge in [-0.2, -0.15) is 10.2 Å². The van der Waals surface area contributed by atoms with Gasteiger partial charge in [0.15, 0.2) is 12.4 Å². The van der Waals surface area contributed by atoms with Crippen molar-refractivity contribution < 1.29 is 9.53 Å². The molecule has 1 aromatic carbocycles. The highest BCUT2D eigenvalue weighted by molar-refractivity contribution is 6.30. The lowest BCUT2D eigenvalue weighted by Crippen LogP contribution is -2.48. The summed E-state index contributed by atoms with van der Waals surface area (Å²) < 4.78 is 9.07. The van der Waals surface area contributed by atoms with Gasteiger partial charge in [0.1, 0.15) is 5.75 Å². The number of hydrogen-bond donors (Lipinski definition) is 0. The molecule has 1 saturated heterocycles. The fraction of sp³-hybridized carbons (Fsp3) is 0.350. The van der Waals surface area contributed by atoms with Crippen LogP contribution < -0.4 is 4.74 Å². The largest absolute Gasteiger partial charge is 0.471 e. The quantitative estimate of drug-likeness (QED) is 0.619. The molecule has 3 heterocycles. The van der Waals surface area contributed by atoms with Crippen LogP contribution in [0.3, 0.4) is 0 Å². The first kappa shape index (κ1) is 19.5. The summed E-state index contributed by atoms with van der Waals surface area (Å²) in [5.74, 6) is 0.609. The zero-order valence-corrected chi connectivity index (χ0v) is 17.0. The summed E-state index contributed by atoms with van der Waals surface area (Å²) in [5, 5.41) is 9.17. The molecule has 1 aliphatic rings. The van der Waals surface area contributed by atoms with Gasteiger partial charge in [0.05, 0.1) is 6.20 Å². The molecule has 4 rings (SSSR count). The Morgan fingerprint density at radius 3 is 2.76 bits per heavy atom. The Kier molecular flexibility index (Phi) is 5.82. The second kappa shape index (κ2) is 8.67. The molecule has 0 saturated carbocycles. The molecule has 3 aromatic rings. The lowest BCUT2D eigenvalue weighted by atomic mass is 10.2. The number of carbonyl (C=O) groups excluding carboxylic acids is 1. The Labute approximate surface area is 174 Å². The molecule has 0 unspecified atom stereocenters. The third-order valence-corrected chi connectivity index (χ3v) is 5.08. The van der Waals surface area contributed by atoms with Crippen molar-refractivity contribution in [2.75, 3.05) is 26.2 Å². The first-order valence-corrected chi connectivity index (χ1v) is 9.85. The molecule has 9 heteroatoms. The number of aryl methyl sites for hydroxylation is 1. The Bertz CT molecular complexity index is 977. The number of halogens is 1. The minimum atomic E-state index is -0.0486. The fourth-order valence-electron chi connectivity index (χ4n) is 3.33. The maximum Gasteiger partial charge on any atom is 0.274 e. The molecule has 0 spiro atoms. The van der Waals surface area contributed by atoms with Crippen molar-refractivity contribution >= 4 is 17.5 Å². The number of benzene rings is 1. The molecule has 0 N–H and O–H groups in total. The Morgan fingerprint density at radius 1 is 1.21 bits per heavy atom. The summed E-state index contributed by atoms with van der Waals surface area (Å²) >= 11 is 5.95. The van der Waals surface area contributed by atoms with Crippen molar-refractivity contribution in [2.45, 2.75) is 13.3 Å². The normalized spacial score (nSPS) is 14.9. The van der Waals surface area contributed by atoms with E-state index in [0.717, 1.165) is 19.6 Å². The Morgan fingerprint density at radius 2 is 2.03 bits per heavy atom. The molecule has 8 nitrogen and oxygen atoms in total. The summed E-state index contributed by atoms with van der Waals surface area (Å²) in [6.45, 7) is 4.10. The van der Waals surface area contributed by atoms with Crippen LogP contribution in [0.25, 0.3) is 0 Å². The van der Waals surface area contributed by atoms with Gasteiger partial charge in [-0.05, 0) is 24.3 Å². The summed E-state index contributed by atoms with van der Waals surface area (Å²) in [5.41, 5.74) is 1.62. The topological polar surface area (TPSA) is 68.4 Å². The van der Waals surface area contributed by atoms with E-state index in [0.29, 0.717) is 29.6 Å². The molecule has 152 valence electrons. The van der Waals surface area contributed by atoms with Gasteiger partial charge in [-0.1, -0.05) is 17.7 Å². The molecule has 1 amide bonds. The zero-order valence-electron chi connectivity index (χ0n) is 16.2. The van der Waals surface area contributed by atoms with E-state index in [1.54, 1.807) is 29.1 Å². The van der Waals surface area contributed by atoms with Crippen molar-refractivity contribution in [2.24, 2.45) is 7.05 Å². The lowest BCUT2D eigenvalue weighted by molar-refractivity contribution is 0.0621. The smallest absolute Gasteiger partial charge is 0.274 e. The van der Waals surface area contributed by atoms with Gasteiger partial charge >= 0.3 is 0 Å². The van der Waals surface area contributed by atoms with Crippen molar-refractivity contribution in [3.05, 3.63) is 65.2 Å². The van der Waals surface area contributed by atoms with Crippen LogP contribution in [0.2, 0.25) is 5.02 Å². The van der Waals surface area contributed by atoms with Crippen molar-refractivity contribution in [1.29, 1.82) is 0 Å². The highest BCUT2D eigenvalue weighted by Gasteiger charge is 2.24. The van der Waals surface area contributed by atoms with E-state index < -0.39 is 0 Å². The maximum atomic E-state index is 12.8. The monoisotopic (exact) mass is 414 g/mol. The van der Waals surface area contributed by atoms with Gasteiger partial charge in [-0.25, -0.2) is 4.68 Å². The van der Waals surface area contributed by atoms with Crippen LogP contribution in [0.4, 0.5) is 0 Å². The van der Waals surface area contributed by atoms with Crippen LogP contribution in [0, 0.1) is 0 Å². The molecule has 0 aliphatic carbocycles. The summed E-state index contributed by atoms with van der Waals surface area (Å²) in [4.78, 5) is 16.9. The third-order valence-electron chi connectivity index (χ3n) is 4.84. The maximum absolute atomic E-state index is 12.8. The number of aromatic nitrogens is 4. The lowest BCUT2D eigenvalue weighted by Gasteiger charge is -2.34. The van der Waals surface area contributed by atoms with E-state index in [1.807, 2.05) is 41.2 Å². The molecular formula is C20H23ClN6O2. The predicted molar refractivity (Wildman–Crippen MR) is 109 cm³/mol. The number of carbonyl (C=O) groups is 1. The van der Waals surface area contributed by atoms with Crippen molar-refractivity contribution in [3.8, 4) is 5.75 Å². The molecule has 0 bridgehead atoms. The predicted octanol–water partition coefficient (Wildman–Crippen LogP) is 2.26. The molecule has 0 atom stereocenters. The molecule has 29 heavy (non-hydrogen) atoms. The average Bonchev–Trinajstić information content (AvgIpc) is 3.35. The van der Waals surface area contributed by atoms with Crippen LogP contribution in [-0.2, 0) is 20.3 Å². The SMILES string of the molecule is Cn1cc(CN2CCN(C(=O)c3ccn(COc4cccc(Cl)c4)n3)CC2)cn1. The van der Waals surface area contributed by atoms with E-state index in [2.05, 4.69) is 15.1 Å². The van der Waals surface area contributed by atoms with E-state index in [4.69, 9.17) is 16.3 Å². The third kappa shape index (κ3) is 4.96. The highest BCUT2D eigenvalue weighted by atomic mass is 35.5. The van der Waals surface area contributed by atoms with Crippen molar-refractivity contribution in [3.63, 3.8) is 0 Å². The van der Waals surface area contributed by atoms with Gasteiger partial charge in [0.25, 0.3) is 5.91 Å². The van der Waals surface area contributed by atoms with Crippen LogP contribution in [0.15, 0.2) is 48.9 Å². The Balaban J connectivity index is 1.28. The first-order chi connectivity index (χ1) is 14.1. The number of hydrogen-bond acceptors (Lipinski definition) is 5. The van der Waals surface area contributed by atoms with E-state index >= 15 is 0 Å². The molecule has 2 aromatic heterocycles. The molecular weight excluding hydrogens is 392 g/mol. The summed E-state index contributed by atoms with van der Waals surface area (Å²) in [7, 11) is 1.92. The fourth-order valence-corrected chi connectivity index (χ4v) is 3.51. The minimum Gasteiger partial charge on any atom is -0.471 e. The van der Waals surface area contributed by atoms with E-state index in [9.17, 15) is 4.79 Å². The van der Waals surface area contributed by atoms with E-state index in [-0.39, 0.29) is 12.6 Å². The van der Waals surface area contributed by atoms with Gasteiger partial charge in [0.2, 0.25) is 0 Å². The van der Waals surface area contributed by atoms with Crippen LogP contribution >= 0.6 is 11.6 Å². The number of amides is 1. The van der Waals surface area contributed by atoms with Gasteiger partial charge < -0.3 is 9.64 Å².